The van der Waals surface area contributed by atoms with Gasteiger partial charge >= 0.3 is 6.36 Å². The number of alkyl halides is 3. The van der Waals surface area contributed by atoms with Crippen molar-refractivity contribution < 1.29 is 22.3 Å². The average Bonchev–Trinajstić information content (AvgIpc) is 2.39. The fourth-order valence-corrected chi connectivity index (χ4v) is 1.84. The summed E-state index contributed by atoms with van der Waals surface area (Å²) < 4.78 is 53.2. The van der Waals surface area contributed by atoms with E-state index in [4.69, 9.17) is 11.6 Å². The number of ether oxygens (including phenoxy) is 1. The fraction of sp³-hybridized carbons (Fsp3) is 0.143. The fourth-order valence-electron chi connectivity index (χ4n) is 1.66. The molecule has 1 N–H and O–H groups in total. The van der Waals surface area contributed by atoms with Crippen LogP contribution in [-0.4, -0.2) is 6.36 Å². The van der Waals surface area contributed by atoms with Crippen LogP contribution in [0, 0.1) is 5.82 Å². The Labute approximate surface area is 123 Å². The maximum absolute atomic E-state index is 13.0. The molecular weight excluding hydrogens is 310 g/mol. The van der Waals surface area contributed by atoms with Crippen molar-refractivity contribution in [1.82, 2.24) is 0 Å². The molecule has 0 saturated carbocycles. The quantitative estimate of drug-likeness (QED) is 0.802. The molecular formula is C14H10ClF4NO. The van der Waals surface area contributed by atoms with E-state index >= 15 is 0 Å². The molecule has 0 atom stereocenters. The second kappa shape index (κ2) is 6.22. The molecule has 0 heterocycles. The Balaban J connectivity index is 2.03. The molecule has 0 amide bonds. The van der Waals surface area contributed by atoms with Gasteiger partial charge in [-0.25, -0.2) is 4.39 Å². The average molecular weight is 320 g/mol. The third-order valence-electron chi connectivity index (χ3n) is 2.55. The largest absolute Gasteiger partial charge is 0.573 e. The van der Waals surface area contributed by atoms with Crippen molar-refractivity contribution in [3.05, 3.63) is 58.9 Å². The number of benzene rings is 2. The molecule has 0 saturated heterocycles. The first-order valence-electron chi connectivity index (χ1n) is 5.87. The van der Waals surface area contributed by atoms with Gasteiger partial charge in [0.25, 0.3) is 0 Å². The molecule has 0 aromatic heterocycles. The smallest absolute Gasteiger partial charge is 0.406 e. The van der Waals surface area contributed by atoms with Gasteiger partial charge in [0, 0.05) is 12.2 Å². The van der Waals surface area contributed by atoms with Crippen LogP contribution in [0.4, 0.5) is 23.2 Å². The van der Waals surface area contributed by atoms with Gasteiger partial charge < -0.3 is 10.1 Å². The molecule has 0 spiro atoms. The van der Waals surface area contributed by atoms with Crippen LogP contribution in [0.15, 0.2) is 42.5 Å². The molecule has 0 aliphatic rings. The lowest BCUT2D eigenvalue weighted by atomic mass is 10.2. The van der Waals surface area contributed by atoms with Crippen molar-refractivity contribution in [2.45, 2.75) is 12.9 Å². The third kappa shape index (κ3) is 4.82. The van der Waals surface area contributed by atoms with Crippen LogP contribution in [0.25, 0.3) is 0 Å². The van der Waals surface area contributed by atoms with Gasteiger partial charge in [-0.2, -0.15) is 0 Å². The van der Waals surface area contributed by atoms with E-state index in [1.54, 1.807) is 6.07 Å². The molecule has 2 aromatic carbocycles. The molecule has 112 valence electrons. The summed E-state index contributed by atoms with van der Waals surface area (Å²) in [6, 6.07) is 9.66. The van der Waals surface area contributed by atoms with E-state index < -0.39 is 12.2 Å². The zero-order valence-electron chi connectivity index (χ0n) is 10.5. The van der Waals surface area contributed by atoms with E-state index in [2.05, 4.69) is 10.1 Å². The number of hydrogen-bond donors (Lipinski definition) is 1. The van der Waals surface area contributed by atoms with Crippen LogP contribution < -0.4 is 10.1 Å². The first kappa shape index (κ1) is 15.4. The minimum absolute atomic E-state index is 0.0332. The molecule has 2 rings (SSSR count). The van der Waals surface area contributed by atoms with Crippen LogP contribution in [0.1, 0.15) is 5.56 Å². The molecule has 0 fully saturated rings. The summed E-state index contributed by atoms with van der Waals surface area (Å²) in [6.07, 6.45) is -4.73. The standard InChI is InChI=1S/C14H10ClF4NO/c15-12-7-10(4-5-13(12)16)20-8-9-2-1-3-11(6-9)21-14(17,18)19/h1-7,20H,8H2. The Hall–Kier alpha value is -1.95. The van der Waals surface area contributed by atoms with E-state index in [9.17, 15) is 17.6 Å². The molecule has 7 heteroatoms. The van der Waals surface area contributed by atoms with E-state index in [0.29, 0.717) is 11.3 Å². The number of rotatable bonds is 4. The summed E-state index contributed by atoms with van der Waals surface area (Å²) in [5, 5.41) is 2.90. The van der Waals surface area contributed by atoms with Gasteiger partial charge in [-0.1, -0.05) is 23.7 Å². The number of hydrogen-bond acceptors (Lipinski definition) is 2. The normalized spacial score (nSPS) is 11.3. The van der Waals surface area contributed by atoms with Gasteiger partial charge in [0.15, 0.2) is 0 Å². The molecule has 0 bridgehead atoms. The molecule has 0 unspecified atom stereocenters. The summed E-state index contributed by atoms with van der Waals surface area (Å²) in [5.74, 6) is -0.832. The lowest BCUT2D eigenvalue weighted by Crippen LogP contribution is -2.17. The van der Waals surface area contributed by atoms with Gasteiger partial charge in [-0.3, -0.25) is 0 Å². The SMILES string of the molecule is Fc1ccc(NCc2cccc(OC(F)(F)F)c2)cc1Cl. The maximum Gasteiger partial charge on any atom is 0.573 e. The second-order valence-corrected chi connectivity index (χ2v) is 4.58. The first-order valence-corrected chi connectivity index (χ1v) is 6.25. The van der Waals surface area contributed by atoms with Crippen molar-refractivity contribution in [2.75, 3.05) is 5.32 Å². The maximum atomic E-state index is 13.0. The van der Waals surface area contributed by atoms with Crippen LogP contribution in [0.5, 0.6) is 5.75 Å². The van der Waals surface area contributed by atoms with Gasteiger partial charge in [-0.15, -0.1) is 13.2 Å². The Morgan fingerprint density at radius 2 is 1.86 bits per heavy atom. The van der Waals surface area contributed by atoms with Crippen LogP contribution >= 0.6 is 11.6 Å². The Bertz CT molecular complexity index is 631. The molecule has 2 nitrogen and oxygen atoms in total. The highest BCUT2D eigenvalue weighted by molar-refractivity contribution is 6.31. The molecule has 2 aromatic rings. The number of halogens is 5. The number of nitrogens with one attached hydrogen (secondary N) is 1. The molecule has 0 aliphatic carbocycles. The summed E-state index contributed by atoms with van der Waals surface area (Å²) in [5.41, 5.74) is 1.14. The monoisotopic (exact) mass is 319 g/mol. The van der Waals surface area contributed by atoms with Crippen molar-refractivity contribution in [3.63, 3.8) is 0 Å². The van der Waals surface area contributed by atoms with Crippen molar-refractivity contribution in [1.29, 1.82) is 0 Å². The van der Waals surface area contributed by atoms with Crippen molar-refractivity contribution in [3.8, 4) is 5.75 Å². The van der Waals surface area contributed by atoms with E-state index in [0.717, 1.165) is 0 Å². The molecule has 21 heavy (non-hydrogen) atoms. The summed E-state index contributed by atoms with van der Waals surface area (Å²) in [6.45, 7) is 0.247. The lowest BCUT2D eigenvalue weighted by Gasteiger charge is -2.11. The molecule has 0 radical (unpaired) electrons. The highest BCUT2D eigenvalue weighted by Gasteiger charge is 2.31. The minimum Gasteiger partial charge on any atom is -0.406 e. The minimum atomic E-state index is -4.73. The van der Waals surface area contributed by atoms with Gasteiger partial charge in [0.2, 0.25) is 0 Å². The van der Waals surface area contributed by atoms with E-state index in [1.807, 2.05) is 0 Å². The molecule has 0 aliphatic heterocycles. The van der Waals surface area contributed by atoms with Crippen LogP contribution in [0.3, 0.4) is 0 Å². The Morgan fingerprint density at radius 1 is 1.10 bits per heavy atom. The Kier molecular flexibility index (Phi) is 4.57. The topological polar surface area (TPSA) is 21.3 Å². The van der Waals surface area contributed by atoms with Crippen LogP contribution in [-0.2, 0) is 6.54 Å². The highest BCUT2D eigenvalue weighted by atomic mass is 35.5. The van der Waals surface area contributed by atoms with Crippen LogP contribution in [0.2, 0.25) is 5.02 Å². The van der Waals surface area contributed by atoms with Gasteiger partial charge in [-0.05, 0) is 35.9 Å². The van der Waals surface area contributed by atoms with E-state index in [-0.39, 0.29) is 17.3 Å². The lowest BCUT2D eigenvalue weighted by molar-refractivity contribution is -0.274. The predicted octanol–water partition coefficient (Wildman–Crippen LogP) is 4.99. The first-order chi connectivity index (χ1) is 9.83. The second-order valence-electron chi connectivity index (χ2n) is 4.18. The Morgan fingerprint density at radius 3 is 2.52 bits per heavy atom. The summed E-state index contributed by atoms with van der Waals surface area (Å²) >= 11 is 5.63. The highest BCUT2D eigenvalue weighted by Crippen LogP contribution is 2.24. The van der Waals surface area contributed by atoms with E-state index in [1.165, 1.54) is 36.4 Å². The third-order valence-corrected chi connectivity index (χ3v) is 2.84. The van der Waals surface area contributed by atoms with Gasteiger partial charge in [0.1, 0.15) is 11.6 Å². The zero-order valence-corrected chi connectivity index (χ0v) is 11.3. The zero-order chi connectivity index (χ0) is 15.5. The number of anilines is 1. The summed E-state index contributed by atoms with van der Waals surface area (Å²) in [7, 11) is 0. The van der Waals surface area contributed by atoms with Crippen molar-refractivity contribution >= 4 is 17.3 Å². The van der Waals surface area contributed by atoms with Crippen molar-refractivity contribution in [2.24, 2.45) is 0 Å². The van der Waals surface area contributed by atoms with Gasteiger partial charge in [0.05, 0.1) is 5.02 Å². The predicted molar refractivity (Wildman–Crippen MR) is 71.9 cm³/mol. The summed E-state index contributed by atoms with van der Waals surface area (Å²) in [4.78, 5) is 0.